The minimum Gasteiger partial charge on any atom is -0.376 e. The smallest absolute Gasteiger partial charge is 0.230 e. The Morgan fingerprint density at radius 1 is 1.25 bits per heavy atom. The zero-order chi connectivity index (χ0) is 22.1. The van der Waals surface area contributed by atoms with Gasteiger partial charge in [-0.1, -0.05) is 18.2 Å². The van der Waals surface area contributed by atoms with Crippen molar-refractivity contribution in [1.82, 2.24) is 20.1 Å². The van der Waals surface area contributed by atoms with Crippen LogP contribution >= 0.6 is 11.8 Å². The summed E-state index contributed by atoms with van der Waals surface area (Å²) in [6.07, 6.45) is 7.44. The second kappa shape index (κ2) is 9.51. The number of aromatic nitrogens is 3. The van der Waals surface area contributed by atoms with Gasteiger partial charge in [0.25, 0.3) is 0 Å². The van der Waals surface area contributed by atoms with Crippen molar-refractivity contribution < 1.29 is 13.9 Å². The molecule has 2 saturated carbocycles. The van der Waals surface area contributed by atoms with Crippen LogP contribution in [0, 0.1) is 23.6 Å². The molecule has 1 aromatic heterocycles. The summed E-state index contributed by atoms with van der Waals surface area (Å²) < 4.78 is 21.2. The lowest BCUT2D eigenvalue weighted by atomic mass is 9.84. The van der Waals surface area contributed by atoms with E-state index in [1.807, 2.05) is 4.57 Å². The highest BCUT2D eigenvalue weighted by molar-refractivity contribution is 7.99. The maximum absolute atomic E-state index is 13.4. The van der Waals surface area contributed by atoms with Gasteiger partial charge in [0.05, 0.1) is 18.4 Å². The van der Waals surface area contributed by atoms with Crippen molar-refractivity contribution in [3.05, 3.63) is 30.1 Å². The zero-order valence-electron chi connectivity index (χ0n) is 18.5. The number of carbonyl (C=O) groups excluding carboxylic acids is 1. The Hall–Kier alpha value is -1.93. The summed E-state index contributed by atoms with van der Waals surface area (Å²) in [7, 11) is 0. The first kappa shape index (κ1) is 21.9. The maximum atomic E-state index is 13.4. The molecule has 1 aliphatic heterocycles. The fraction of sp³-hybridized carbons (Fsp3) is 0.625. The van der Waals surface area contributed by atoms with Crippen LogP contribution in [0.15, 0.2) is 29.4 Å². The minimum atomic E-state index is -0.283. The molecule has 6 nitrogen and oxygen atoms in total. The number of nitrogens with zero attached hydrogens (tertiary/aromatic N) is 3. The summed E-state index contributed by atoms with van der Waals surface area (Å²) in [6.45, 7) is 3.55. The number of hydrogen-bond acceptors (Lipinski definition) is 5. The van der Waals surface area contributed by atoms with Crippen molar-refractivity contribution in [2.24, 2.45) is 17.8 Å². The predicted octanol–water partition coefficient (Wildman–Crippen LogP) is 4.30. The zero-order valence-corrected chi connectivity index (χ0v) is 19.3. The fourth-order valence-corrected chi connectivity index (χ4v) is 6.56. The SMILES string of the molecule is C[C@H](NC(=O)CSc1nnc(-c2ccc(F)cc2)n1C[C@@H]1CCCO1)[C@@H]1C[C@H]2CC[C@H]1C2. The van der Waals surface area contributed by atoms with Crippen LogP contribution in [0.1, 0.15) is 45.4 Å². The summed E-state index contributed by atoms with van der Waals surface area (Å²) in [4.78, 5) is 12.7. The lowest BCUT2D eigenvalue weighted by Gasteiger charge is -2.28. The Labute approximate surface area is 192 Å². The summed E-state index contributed by atoms with van der Waals surface area (Å²) in [5.41, 5.74) is 0.804. The van der Waals surface area contributed by atoms with E-state index in [9.17, 15) is 9.18 Å². The number of benzene rings is 1. The highest BCUT2D eigenvalue weighted by Gasteiger charge is 2.42. The molecule has 2 bridgehead atoms. The third-order valence-electron chi connectivity index (χ3n) is 7.39. The molecule has 32 heavy (non-hydrogen) atoms. The molecule has 0 radical (unpaired) electrons. The number of fused-ring (bicyclic) bond motifs is 2. The average Bonchev–Trinajstić information content (AvgIpc) is 3.59. The highest BCUT2D eigenvalue weighted by atomic mass is 32.2. The monoisotopic (exact) mass is 458 g/mol. The standard InChI is InChI=1S/C24H31FN4O2S/c1-15(21-12-16-4-5-18(21)11-16)26-22(30)14-32-24-28-27-23(17-6-8-19(25)9-7-17)29(24)13-20-3-2-10-31-20/h6-9,15-16,18,20-21H,2-5,10-14H2,1H3,(H,26,30)/t15-,16-,18-,20-,21-/m0/s1. The summed E-state index contributed by atoms with van der Waals surface area (Å²) in [5, 5.41) is 12.7. The van der Waals surface area contributed by atoms with E-state index in [2.05, 4.69) is 22.4 Å². The quantitative estimate of drug-likeness (QED) is 0.598. The molecule has 0 spiro atoms. The van der Waals surface area contributed by atoms with Crippen LogP contribution in [-0.4, -0.2) is 45.2 Å². The Morgan fingerprint density at radius 3 is 2.78 bits per heavy atom. The molecule has 1 amide bonds. The molecule has 2 heterocycles. The first-order chi connectivity index (χ1) is 15.6. The predicted molar refractivity (Wildman–Crippen MR) is 122 cm³/mol. The Bertz CT molecular complexity index is 944. The Balaban J connectivity index is 1.25. The molecule has 0 unspecified atom stereocenters. The van der Waals surface area contributed by atoms with Crippen molar-refractivity contribution >= 4 is 17.7 Å². The van der Waals surface area contributed by atoms with E-state index in [4.69, 9.17) is 4.74 Å². The van der Waals surface area contributed by atoms with E-state index < -0.39 is 0 Å². The van der Waals surface area contributed by atoms with E-state index in [-0.39, 0.29) is 23.9 Å². The van der Waals surface area contributed by atoms with Gasteiger partial charge in [-0.25, -0.2) is 4.39 Å². The molecule has 172 valence electrons. The number of hydrogen-bond donors (Lipinski definition) is 1. The fourth-order valence-electron chi connectivity index (χ4n) is 5.80. The van der Waals surface area contributed by atoms with E-state index in [1.165, 1.54) is 49.6 Å². The van der Waals surface area contributed by atoms with Gasteiger partial charge in [-0.15, -0.1) is 10.2 Å². The number of nitrogens with one attached hydrogen (secondary N) is 1. The molecular weight excluding hydrogens is 427 g/mol. The second-order valence-corrected chi connectivity index (χ2v) is 10.5. The minimum absolute atomic E-state index is 0.0419. The normalized spacial score (nSPS) is 27.7. The van der Waals surface area contributed by atoms with Crippen molar-refractivity contribution in [3.8, 4) is 11.4 Å². The molecule has 5 atom stereocenters. The van der Waals surface area contributed by atoms with Crippen molar-refractivity contribution in [1.29, 1.82) is 0 Å². The topological polar surface area (TPSA) is 69.0 Å². The Morgan fingerprint density at radius 2 is 2.09 bits per heavy atom. The van der Waals surface area contributed by atoms with Gasteiger partial charge in [0, 0.05) is 18.2 Å². The van der Waals surface area contributed by atoms with Gasteiger partial charge >= 0.3 is 0 Å². The molecule has 3 fully saturated rings. The third kappa shape index (κ3) is 4.71. The second-order valence-electron chi connectivity index (χ2n) is 9.54. The van der Waals surface area contributed by atoms with Gasteiger partial charge < -0.3 is 10.1 Å². The summed E-state index contributed by atoms with van der Waals surface area (Å²) in [5.74, 6) is 3.03. The van der Waals surface area contributed by atoms with Gasteiger partial charge in [-0.3, -0.25) is 9.36 Å². The molecular formula is C24H31FN4O2S. The van der Waals surface area contributed by atoms with E-state index in [1.54, 1.807) is 12.1 Å². The first-order valence-electron chi connectivity index (χ1n) is 11.8. The highest BCUT2D eigenvalue weighted by Crippen LogP contribution is 2.49. The first-order valence-corrected chi connectivity index (χ1v) is 12.8. The molecule has 1 N–H and O–H groups in total. The van der Waals surface area contributed by atoms with Crippen LogP contribution in [-0.2, 0) is 16.1 Å². The number of carbonyl (C=O) groups is 1. The summed E-state index contributed by atoms with van der Waals surface area (Å²) in [6, 6.07) is 6.50. The number of halogens is 1. The maximum Gasteiger partial charge on any atom is 0.230 e. The van der Waals surface area contributed by atoms with E-state index in [0.717, 1.165) is 36.8 Å². The molecule has 3 aliphatic rings. The lowest BCUT2D eigenvalue weighted by Crippen LogP contribution is -2.41. The van der Waals surface area contributed by atoms with Crippen molar-refractivity contribution in [2.45, 2.75) is 69.3 Å². The lowest BCUT2D eigenvalue weighted by molar-refractivity contribution is -0.119. The number of rotatable bonds is 8. The number of thioether (sulfide) groups is 1. The number of amides is 1. The van der Waals surface area contributed by atoms with Crippen LogP contribution in [0.5, 0.6) is 0 Å². The molecule has 5 rings (SSSR count). The van der Waals surface area contributed by atoms with Crippen LogP contribution in [0.25, 0.3) is 11.4 Å². The molecule has 1 aromatic carbocycles. The van der Waals surface area contributed by atoms with Crippen LogP contribution < -0.4 is 5.32 Å². The molecule has 2 aromatic rings. The molecule has 1 saturated heterocycles. The van der Waals surface area contributed by atoms with Gasteiger partial charge in [0.15, 0.2) is 11.0 Å². The van der Waals surface area contributed by atoms with Gasteiger partial charge in [-0.05, 0) is 81.0 Å². The third-order valence-corrected chi connectivity index (χ3v) is 8.35. The van der Waals surface area contributed by atoms with Gasteiger partial charge in [0.2, 0.25) is 5.91 Å². The van der Waals surface area contributed by atoms with Crippen molar-refractivity contribution in [2.75, 3.05) is 12.4 Å². The van der Waals surface area contributed by atoms with Crippen LogP contribution in [0.3, 0.4) is 0 Å². The van der Waals surface area contributed by atoms with Crippen LogP contribution in [0.4, 0.5) is 4.39 Å². The van der Waals surface area contributed by atoms with E-state index in [0.29, 0.717) is 29.2 Å². The Kier molecular flexibility index (Phi) is 6.51. The van der Waals surface area contributed by atoms with Gasteiger partial charge in [0.1, 0.15) is 5.82 Å². The van der Waals surface area contributed by atoms with Crippen LogP contribution in [0.2, 0.25) is 0 Å². The summed E-state index contributed by atoms with van der Waals surface area (Å²) >= 11 is 1.40. The largest absolute Gasteiger partial charge is 0.376 e. The molecule has 8 heteroatoms. The van der Waals surface area contributed by atoms with Crippen molar-refractivity contribution in [3.63, 3.8) is 0 Å². The van der Waals surface area contributed by atoms with Gasteiger partial charge in [-0.2, -0.15) is 0 Å². The average molecular weight is 459 g/mol. The molecule has 2 aliphatic carbocycles. The number of ether oxygens (including phenoxy) is 1. The van der Waals surface area contributed by atoms with E-state index >= 15 is 0 Å².